The molecule has 4 aliphatic rings. The summed E-state index contributed by atoms with van der Waals surface area (Å²) in [4.78, 5) is 46.3. The molecule has 61 heavy (non-hydrogen) atoms. The molecule has 0 aliphatic carbocycles. The van der Waals surface area contributed by atoms with Crippen LogP contribution < -0.4 is 39.4 Å². The van der Waals surface area contributed by atoms with Crippen LogP contribution in [0.25, 0.3) is 11.3 Å². The van der Waals surface area contributed by atoms with E-state index in [0.717, 1.165) is 12.4 Å². The van der Waals surface area contributed by atoms with Crippen LogP contribution in [0, 0.1) is 11.6 Å². The molecule has 0 saturated carbocycles. The molecule has 0 fully saturated rings. The van der Waals surface area contributed by atoms with E-state index in [0.29, 0.717) is 53.1 Å². The summed E-state index contributed by atoms with van der Waals surface area (Å²) < 4.78 is 53.5. The smallest absolute Gasteiger partial charge is 0.256 e. The van der Waals surface area contributed by atoms with Gasteiger partial charge in [0.15, 0.2) is 34.4 Å². The van der Waals surface area contributed by atoms with Crippen LogP contribution in [0.1, 0.15) is 45.7 Å². The minimum Gasteiger partial charge on any atom is -0.486 e. The number of aliphatic hydroxyl groups is 3. The van der Waals surface area contributed by atoms with Crippen molar-refractivity contribution in [2.45, 2.75) is 50.9 Å². The number of ether oxygens (including phenoxy) is 4. The lowest BCUT2D eigenvalue weighted by Crippen LogP contribution is -2.47. The van der Waals surface area contributed by atoms with E-state index in [1.54, 1.807) is 12.4 Å². The molecular formula is C38H38F2N12O9. The van der Waals surface area contributed by atoms with Crippen LogP contribution in [0.2, 0.25) is 0 Å². The van der Waals surface area contributed by atoms with Gasteiger partial charge in [-0.25, -0.2) is 37.7 Å². The number of aromatic nitrogens is 8. The minimum absolute atomic E-state index is 0.0378. The number of β-amino-alcohol motifs (C(OH)–C–C–N with tert-alkyl or cyclic N) is 3. The zero-order valence-electron chi connectivity index (χ0n) is 32.5. The van der Waals surface area contributed by atoms with Crippen molar-refractivity contribution in [3.63, 3.8) is 0 Å². The van der Waals surface area contributed by atoms with Crippen molar-refractivity contribution in [2.24, 2.45) is 0 Å². The zero-order chi connectivity index (χ0) is 42.6. The van der Waals surface area contributed by atoms with Gasteiger partial charge in [-0.2, -0.15) is 10.2 Å². The standard InChI is InChI=1S/C19H19FN6O5.C19H19FN6O4/c1-10-7-30-14-6-26-15-13(4-23-26)17(27)22-8-19(28,29)9-31-18-11(2-12(20)3-21-18)5-25(10)16(14)24-15;1-10-8-29-15-7-26-16-14(5-23-26)18(28)21-4-13(27)9-30-19-11(2-12(20)3-22-19)6-25(10)17(15)24-16/h2-4,6,10,28-29H,5,7-9H2,1H3,(H,22,27);2-3,5,7,10,13,27H,4,6,8-9H2,1H3,(H,21,28)/t10-;10-,13+/m11/s1. The molecule has 3 atom stereocenters. The van der Waals surface area contributed by atoms with Crippen LogP contribution in [0.5, 0.6) is 23.3 Å². The van der Waals surface area contributed by atoms with Crippen molar-refractivity contribution in [3.8, 4) is 23.3 Å². The number of pyridine rings is 2. The molecule has 21 nitrogen and oxygen atoms in total. The highest BCUT2D eigenvalue weighted by molar-refractivity contribution is 6.00. The number of halogens is 2. The summed E-state index contributed by atoms with van der Waals surface area (Å²) in [6.45, 7) is 3.80. The number of anilines is 2. The summed E-state index contributed by atoms with van der Waals surface area (Å²) in [5.74, 6) is -2.22. The Balaban J connectivity index is 0.000000156. The highest BCUT2D eigenvalue weighted by Gasteiger charge is 2.33. The number of hydrogen-bond donors (Lipinski definition) is 5. The van der Waals surface area contributed by atoms with E-state index >= 15 is 0 Å². The molecule has 0 radical (unpaired) electrons. The third-order valence-electron chi connectivity index (χ3n) is 10.3. The Hall–Kier alpha value is -6.98. The molecule has 6 aromatic rings. The monoisotopic (exact) mass is 844 g/mol. The van der Waals surface area contributed by atoms with Gasteiger partial charge < -0.3 is 54.7 Å². The first-order valence-electron chi connectivity index (χ1n) is 19.1. The van der Waals surface area contributed by atoms with Gasteiger partial charge in [-0.05, 0) is 26.0 Å². The molecule has 10 heterocycles. The third-order valence-corrected chi connectivity index (χ3v) is 10.3. The molecule has 4 bridgehead atoms. The molecular weight excluding hydrogens is 806 g/mol. The van der Waals surface area contributed by atoms with Gasteiger partial charge >= 0.3 is 0 Å². The fourth-order valence-corrected chi connectivity index (χ4v) is 7.07. The number of hydrogen-bond acceptors (Lipinski definition) is 17. The molecule has 23 heteroatoms. The quantitative estimate of drug-likeness (QED) is 0.130. The van der Waals surface area contributed by atoms with Gasteiger partial charge in [-0.1, -0.05) is 0 Å². The summed E-state index contributed by atoms with van der Waals surface area (Å²) in [6, 6.07) is 2.41. The first-order valence-corrected chi connectivity index (χ1v) is 19.1. The first kappa shape index (κ1) is 39.5. The number of carbonyl (C=O) groups is 2. The van der Waals surface area contributed by atoms with Crippen molar-refractivity contribution < 1.29 is 52.6 Å². The van der Waals surface area contributed by atoms with Gasteiger partial charge in [-0.15, -0.1) is 0 Å². The molecule has 0 unspecified atom stereocenters. The molecule has 2 amide bonds. The minimum atomic E-state index is -2.38. The second-order valence-electron chi connectivity index (χ2n) is 15.0. The Bertz CT molecular complexity index is 2680. The van der Waals surface area contributed by atoms with E-state index in [-0.39, 0.29) is 66.9 Å². The number of fused-ring (bicyclic) bond motifs is 2. The largest absolute Gasteiger partial charge is 0.486 e. The second kappa shape index (κ2) is 15.6. The number of nitrogens with one attached hydrogen (secondary N) is 2. The molecule has 318 valence electrons. The van der Waals surface area contributed by atoms with Crippen molar-refractivity contribution in [1.29, 1.82) is 0 Å². The van der Waals surface area contributed by atoms with Crippen LogP contribution in [-0.4, -0.2) is 130 Å². The number of nitrogens with zero attached hydrogens (tertiary/aromatic N) is 10. The van der Waals surface area contributed by atoms with Crippen LogP contribution in [0.3, 0.4) is 0 Å². The summed E-state index contributed by atoms with van der Waals surface area (Å²) in [6.07, 6.45) is 7.10. The Kier molecular flexibility index (Phi) is 10.1. The molecule has 10 rings (SSSR count). The predicted octanol–water partition coefficient (Wildman–Crippen LogP) is 0.388. The maximum absolute atomic E-state index is 14.0. The maximum Gasteiger partial charge on any atom is 0.256 e. The normalized spacial score (nSPS) is 20.9. The fourth-order valence-electron chi connectivity index (χ4n) is 7.07. The number of aliphatic hydroxyl groups excluding tert-OH is 1. The summed E-state index contributed by atoms with van der Waals surface area (Å²) in [7, 11) is 0. The Morgan fingerprint density at radius 1 is 0.721 bits per heavy atom. The number of amides is 2. The highest BCUT2D eigenvalue weighted by Crippen LogP contribution is 2.37. The van der Waals surface area contributed by atoms with E-state index in [4.69, 9.17) is 18.9 Å². The topological polar surface area (TPSA) is 248 Å². The van der Waals surface area contributed by atoms with Gasteiger partial charge in [0, 0.05) is 17.7 Å². The van der Waals surface area contributed by atoms with Gasteiger partial charge in [-0.3, -0.25) is 9.59 Å². The Morgan fingerprint density at radius 3 is 1.77 bits per heavy atom. The summed E-state index contributed by atoms with van der Waals surface area (Å²) in [5.41, 5.74) is 1.96. The van der Waals surface area contributed by atoms with E-state index in [1.165, 1.54) is 33.6 Å². The average molecular weight is 845 g/mol. The van der Waals surface area contributed by atoms with E-state index in [9.17, 15) is 33.7 Å². The lowest BCUT2D eigenvalue weighted by Gasteiger charge is -2.36. The van der Waals surface area contributed by atoms with E-state index in [1.807, 2.05) is 23.6 Å². The lowest BCUT2D eigenvalue weighted by atomic mass is 10.1. The SMILES string of the molecule is C[C@@H]1COc2cn3ncc4c3nc2N1Cc1cc(F)cnc1OCC(O)(O)CNC4=O.C[C@@H]1COc2cn3ncc4c3nc2N1Cc1cc(F)cnc1OC[C@@H](O)CNC4=O. The maximum atomic E-state index is 14.0. The molecule has 6 aromatic heterocycles. The van der Waals surface area contributed by atoms with Crippen molar-refractivity contribution in [3.05, 3.63) is 83.2 Å². The third kappa shape index (κ3) is 7.80. The van der Waals surface area contributed by atoms with Crippen LogP contribution in [0.15, 0.2) is 49.3 Å². The number of carbonyl (C=O) groups excluding carboxylic acids is 2. The van der Waals surface area contributed by atoms with E-state index in [2.05, 4.69) is 40.8 Å². The van der Waals surface area contributed by atoms with Crippen molar-refractivity contribution >= 4 is 34.7 Å². The molecule has 0 aromatic carbocycles. The summed E-state index contributed by atoms with van der Waals surface area (Å²) >= 11 is 0. The van der Waals surface area contributed by atoms with Gasteiger partial charge in [0.25, 0.3) is 11.8 Å². The highest BCUT2D eigenvalue weighted by atomic mass is 19.1. The first-order chi connectivity index (χ1) is 29.3. The fraction of sp³-hybridized carbons (Fsp3) is 0.368. The predicted molar refractivity (Wildman–Crippen MR) is 205 cm³/mol. The molecule has 4 aliphatic heterocycles. The molecule has 0 spiro atoms. The second-order valence-corrected chi connectivity index (χ2v) is 15.0. The van der Waals surface area contributed by atoms with E-state index < -0.39 is 48.5 Å². The zero-order valence-corrected chi connectivity index (χ0v) is 32.5. The molecule has 5 N–H and O–H groups in total. The average Bonchev–Trinajstić information content (AvgIpc) is 3.85. The Morgan fingerprint density at radius 2 is 1.23 bits per heavy atom. The van der Waals surface area contributed by atoms with Crippen LogP contribution in [0.4, 0.5) is 20.4 Å². The van der Waals surface area contributed by atoms with Crippen molar-refractivity contribution in [2.75, 3.05) is 49.3 Å². The van der Waals surface area contributed by atoms with Crippen molar-refractivity contribution in [1.82, 2.24) is 49.8 Å². The number of rotatable bonds is 0. The van der Waals surface area contributed by atoms with Gasteiger partial charge in [0.05, 0.1) is 68.9 Å². The van der Waals surface area contributed by atoms with Gasteiger partial charge in [0.1, 0.15) is 55.3 Å². The van der Waals surface area contributed by atoms with Crippen LogP contribution >= 0.6 is 0 Å². The van der Waals surface area contributed by atoms with Crippen LogP contribution in [-0.2, 0) is 13.1 Å². The Labute approximate surface area is 343 Å². The van der Waals surface area contributed by atoms with Gasteiger partial charge in [0.2, 0.25) is 17.5 Å². The lowest BCUT2D eigenvalue weighted by molar-refractivity contribution is -0.176. The molecule has 0 saturated heterocycles. The summed E-state index contributed by atoms with van der Waals surface area (Å²) in [5, 5.41) is 44.0.